The summed E-state index contributed by atoms with van der Waals surface area (Å²) >= 11 is 0. The molecule has 1 amide bonds. The molecular weight excluding hydrogens is 348 g/mol. The Morgan fingerprint density at radius 1 is 1.37 bits per heavy atom. The first kappa shape index (κ1) is 17.8. The standard InChI is InChI=1S/C19H24N4O4/c1-2-5-22-6-4-20-16(22)10-21-8-15-9-23(13-19(15,12-21)18(25)26)17(24)14-3-7-27-11-14/h3-4,6-7,11,15H,2,5,8-10,12-13H2,1H3,(H,25,26)/t15-,19-/m0/s1. The molecule has 2 atom stereocenters. The summed E-state index contributed by atoms with van der Waals surface area (Å²) in [5, 5.41) is 9.98. The minimum absolute atomic E-state index is 0.0829. The van der Waals surface area contributed by atoms with Crippen LogP contribution in [0.2, 0.25) is 0 Å². The van der Waals surface area contributed by atoms with Crippen LogP contribution >= 0.6 is 0 Å². The molecule has 27 heavy (non-hydrogen) atoms. The van der Waals surface area contributed by atoms with E-state index in [2.05, 4.69) is 21.4 Å². The molecule has 2 fully saturated rings. The summed E-state index contributed by atoms with van der Waals surface area (Å²) in [7, 11) is 0. The average Bonchev–Trinajstić information content (AvgIpc) is 3.38. The number of amides is 1. The molecule has 4 heterocycles. The molecule has 2 aliphatic rings. The van der Waals surface area contributed by atoms with Gasteiger partial charge in [0.1, 0.15) is 17.5 Å². The van der Waals surface area contributed by atoms with E-state index in [1.54, 1.807) is 17.2 Å². The monoisotopic (exact) mass is 372 g/mol. The van der Waals surface area contributed by atoms with Gasteiger partial charge in [0.15, 0.2) is 0 Å². The van der Waals surface area contributed by atoms with Crippen molar-refractivity contribution in [1.82, 2.24) is 19.4 Å². The maximum Gasteiger partial charge on any atom is 0.313 e. The van der Waals surface area contributed by atoms with Gasteiger partial charge in [-0.2, -0.15) is 0 Å². The highest BCUT2D eigenvalue weighted by atomic mass is 16.4. The van der Waals surface area contributed by atoms with Crippen LogP contribution in [-0.4, -0.2) is 62.5 Å². The van der Waals surface area contributed by atoms with Gasteiger partial charge in [-0.05, 0) is 12.5 Å². The summed E-state index contributed by atoms with van der Waals surface area (Å²) in [6.07, 6.45) is 7.64. The van der Waals surface area contributed by atoms with Crippen molar-refractivity contribution in [1.29, 1.82) is 0 Å². The maximum absolute atomic E-state index is 12.6. The smallest absolute Gasteiger partial charge is 0.313 e. The SMILES string of the molecule is CCCn1ccnc1CN1C[C@H]2CN(C(=O)c3ccoc3)C[C@@]2(C(=O)O)C1. The summed E-state index contributed by atoms with van der Waals surface area (Å²) in [6, 6.07) is 1.61. The fourth-order valence-electron chi connectivity index (χ4n) is 4.45. The van der Waals surface area contributed by atoms with Crippen LogP contribution in [0.4, 0.5) is 0 Å². The minimum Gasteiger partial charge on any atom is -0.481 e. The van der Waals surface area contributed by atoms with Crippen molar-refractivity contribution >= 4 is 11.9 Å². The first-order valence-corrected chi connectivity index (χ1v) is 9.30. The molecule has 4 rings (SSSR count). The molecule has 0 aliphatic carbocycles. The van der Waals surface area contributed by atoms with Crippen molar-refractivity contribution in [2.75, 3.05) is 26.2 Å². The highest BCUT2D eigenvalue weighted by Crippen LogP contribution is 2.43. The van der Waals surface area contributed by atoms with E-state index in [1.165, 1.54) is 12.5 Å². The lowest BCUT2D eigenvalue weighted by molar-refractivity contribution is -0.148. The van der Waals surface area contributed by atoms with Crippen LogP contribution < -0.4 is 0 Å². The van der Waals surface area contributed by atoms with Gasteiger partial charge >= 0.3 is 5.97 Å². The third-order valence-corrected chi connectivity index (χ3v) is 5.79. The number of imidazole rings is 1. The van der Waals surface area contributed by atoms with Gasteiger partial charge in [-0.15, -0.1) is 0 Å². The molecule has 0 aromatic carbocycles. The predicted octanol–water partition coefficient (Wildman–Crippen LogP) is 1.54. The summed E-state index contributed by atoms with van der Waals surface area (Å²) < 4.78 is 7.11. The second-order valence-electron chi connectivity index (χ2n) is 7.56. The number of fused-ring (bicyclic) bond motifs is 1. The maximum atomic E-state index is 12.6. The van der Waals surface area contributed by atoms with E-state index in [9.17, 15) is 14.7 Å². The van der Waals surface area contributed by atoms with Crippen LogP contribution in [0.25, 0.3) is 0 Å². The second-order valence-corrected chi connectivity index (χ2v) is 7.56. The molecule has 0 unspecified atom stereocenters. The van der Waals surface area contributed by atoms with Gasteiger partial charge < -0.3 is 19.0 Å². The highest BCUT2D eigenvalue weighted by molar-refractivity contribution is 5.94. The number of carboxylic acid groups (broad SMARTS) is 1. The molecule has 0 bridgehead atoms. The number of nitrogens with zero attached hydrogens (tertiary/aromatic N) is 4. The molecule has 0 spiro atoms. The molecule has 144 valence electrons. The molecule has 8 heteroatoms. The Morgan fingerprint density at radius 2 is 2.22 bits per heavy atom. The molecule has 2 aromatic heterocycles. The number of furan rings is 1. The molecule has 2 aromatic rings. The van der Waals surface area contributed by atoms with Crippen molar-refractivity contribution in [3.63, 3.8) is 0 Å². The number of aliphatic carboxylic acids is 1. The van der Waals surface area contributed by atoms with E-state index in [1.807, 2.05) is 6.20 Å². The fourth-order valence-corrected chi connectivity index (χ4v) is 4.45. The average molecular weight is 372 g/mol. The molecule has 2 saturated heterocycles. The van der Waals surface area contributed by atoms with Crippen LogP contribution in [0.3, 0.4) is 0 Å². The van der Waals surface area contributed by atoms with E-state index in [4.69, 9.17) is 4.42 Å². The van der Waals surface area contributed by atoms with E-state index in [-0.39, 0.29) is 18.4 Å². The van der Waals surface area contributed by atoms with Crippen molar-refractivity contribution in [2.24, 2.45) is 11.3 Å². The zero-order chi connectivity index (χ0) is 19.0. The number of carboxylic acids is 1. The molecular formula is C19H24N4O4. The Balaban J connectivity index is 1.48. The van der Waals surface area contributed by atoms with E-state index < -0.39 is 11.4 Å². The van der Waals surface area contributed by atoms with Crippen LogP contribution in [0.1, 0.15) is 29.5 Å². The normalized spacial score (nSPS) is 25.1. The Bertz CT molecular complexity index is 831. The van der Waals surface area contributed by atoms with Gasteiger partial charge in [-0.3, -0.25) is 14.5 Å². The highest BCUT2D eigenvalue weighted by Gasteiger charge is 2.58. The van der Waals surface area contributed by atoms with Gasteiger partial charge in [-0.1, -0.05) is 6.92 Å². The van der Waals surface area contributed by atoms with Gasteiger partial charge in [-0.25, -0.2) is 4.98 Å². The zero-order valence-corrected chi connectivity index (χ0v) is 15.4. The third-order valence-electron chi connectivity index (χ3n) is 5.79. The molecule has 1 N–H and O–H groups in total. The van der Waals surface area contributed by atoms with E-state index >= 15 is 0 Å². The van der Waals surface area contributed by atoms with Gasteiger partial charge in [0, 0.05) is 51.0 Å². The largest absolute Gasteiger partial charge is 0.481 e. The van der Waals surface area contributed by atoms with Crippen LogP contribution in [0, 0.1) is 11.3 Å². The van der Waals surface area contributed by atoms with Crippen molar-refractivity contribution < 1.29 is 19.1 Å². The second kappa shape index (κ2) is 6.84. The Morgan fingerprint density at radius 3 is 2.89 bits per heavy atom. The molecule has 8 nitrogen and oxygen atoms in total. The number of rotatable bonds is 6. The number of aryl methyl sites for hydroxylation is 1. The summed E-state index contributed by atoms with van der Waals surface area (Å²) in [5.41, 5.74) is -0.448. The van der Waals surface area contributed by atoms with Crippen LogP contribution in [0.15, 0.2) is 35.4 Å². The summed E-state index contributed by atoms with van der Waals surface area (Å²) in [6.45, 7) is 5.43. The molecule has 0 saturated carbocycles. The van der Waals surface area contributed by atoms with E-state index in [0.717, 1.165) is 18.8 Å². The summed E-state index contributed by atoms with van der Waals surface area (Å²) in [4.78, 5) is 33.0. The lowest BCUT2D eigenvalue weighted by Gasteiger charge is -2.25. The van der Waals surface area contributed by atoms with E-state index in [0.29, 0.717) is 31.7 Å². The van der Waals surface area contributed by atoms with Gasteiger partial charge in [0.2, 0.25) is 0 Å². The Hall–Kier alpha value is -2.61. The summed E-state index contributed by atoms with van der Waals surface area (Å²) in [5.74, 6) is -0.109. The van der Waals surface area contributed by atoms with Crippen molar-refractivity contribution in [2.45, 2.75) is 26.4 Å². The number of aromatic nitrogens is 2. The number of hydrogen-bond donors (Lipinski definition) is 1. The fraction of sp³-hybridized carbons (Fsp3) is 0.526. The Kier molecular flexibility index (Phi) is 4.51. The lowest BCUT2D eigenvalue weighted by atomic mass is 9.81. The quantitative estimate of drug-likeness (QED) is 0.827. The number of carbonyl (C=O) groups is 2. The van der Waals surface area contributed by atoms with Crippen molar-refractivity contribution in [3.05, 3.63) is 42.4 Å². The van der Waals surface area contributed by atoms with Crippen molar-refractivity contribution in [3.8, 4) is 0 Å². The van der Waals surface area contributed by atoms with Crippen LogP contribution in [-0.2, 0) is 17.9 Å². The van der Waals surface area contributed by atoms with Crippen LogP contribution in [0.5, 0.6) is 0 Å². The topological polar surface area (TPSA) is 91.8 Å². The predicted molar refractivity (Wildman–Crippen MR) is 96.0 cm³/mol. The Labute approximate surface area is 157 Å². The minimum atomic E-state index is -0.915. The number of hydrogen-bond acceptors (Lipinski definition) is 5. The first-order chi connectivity index (χ1) is 13.0. The number of carbonyl (C=O) groups excluding carboxylic acids is 1. The zero-order valence-electron chi connectivity index (χ0n) is 15.4. The molecule has 0 radical (unpaired) electrons. The van der Waals surface area contributed by atoms with Gasteiger partial charge in [0.25, 0.3) is 5.91 Å². The molecule has 2 aliphatic heterocycles. The lowest BCUT2D eigenvalue weighted by Crippen LogP contribution is -2.42. The number of likely N-dealkylation sites (tertiary alicyclic amines) is 2. The van der Waals surface area contributed by atoms with Gasteiger partial charge in [0.05, 0.1) is 18.4 Å². The third kappa shape index (κ3) is 3.03. The first-order valence-electron chi connectivity index (χ1n) is 9.30.